The van der Waals surface area contributed by atoms with E-state index in [4.69, 9.17) is 4.74 Å². The van der Waals surface area contributed by atoms with Gasteiger partial charge >= 0.3 is 0 Å². The molecular weight excluding hydrogens is 212 g/mol. The predicted octanol–water partition coefficient (Wildman–Crippen LogP) is 1.63. The summed E-state index contributed by atoms with van der Waals surface area (Å²) in [5.41, 5.74) is 0. The lowest BCUT2D eigenvalue weighted by Gasteiger charge is -2.43. The fraction of sp³-hybridized carbons (Fsp3) is 1.00. The SMILES string of the molecule is C1CC[C@H]2[C@H](C1)COCCN2C1CCNCC1. The van der Waals surface area contributed by atoms with Gasteiger partial charge in [0.15, 0.2) is 0 Å². The van der Waals surface area contributed by atoms with Crippen LogP contribution < -0.4 is 5.32 Å². The standard InChI is InChI=1S/C14H26N2O/c1-2-4-14-12(3-1)11-17-10-9-16(14)13-5-7-15-8-6-13/h12-15H,1-11H2/t12-,14+/m1/s1. The van der Waals surface area contributed by atoms with Crippen LogP contribution in [0.2, 0.25) is 0 Å². The normalized spacial score (nSPS) is 37.4. The molecule has 3 fully saturated rings. The van der Waals surface area contributed by atoms with E-state index in [1.165, 1.54) is 58.2 Å². The van der Waals surface area contributed by atoms with Gasteiger partial charge in [-0.25, -0.2) is 0 Å². The molecule has 1 aliphatic carbocycles. The van der Waals surface area contributed by atoms with Crippen LogP contribution in [0, 0.1) is 5.92 Å². The monoisotopic (exact) mass is 238 g/mol. The number of nitrogens with zero attached hydrogens (tertiary/aromatic N) is 1. The van der Waals surface area contributed by atoms with Crippen LogP contribution in [-0.2, 0) is 4.74 Å². The van der Waals surface area contributed by atoms with E-state index in [1.807, 2.05) is 0 Å². The highest BCUT2D eigenvalue weighted by Crippen LogP contribution is 2.32. The zero-order chi connectivity index (χ0) is 11.5. The maximum Gasteiger partial charge on any atom is 0.0593 e. The maximum atomic E-state index is 5.83. The minimum Gasteiger partial charge on any atom is -0.380 e. The summed E-state index contributed by atoms with van der Waals surface area (Å²) in [7, 11) is 0. The largest absolute Gasteiger partial charge is 0.380 e. The van der Waals surface area contributed by atoms with Gasteiger partial charge in [-0.3, -0.25) is 4.90 Å². The molecule has 0 spiro atoms. The number of ether oxygens (including phenoxy) is 1. The van der Waals surface area contributed by atoms with Crippen molar-refractivity contribution in [2.24, 2.45) is 5.92 Å². The lowest BCUT2D eigenvalue weighted by molar-refractivity contribution is 0.0621. The van der Waals surface area contributed by atoms with Crippen LogP contribution in [0.15, 0.2) is 0 Å². The maximum absolute atomic E-state index is 5.83. The van der Waals surface area contributed by atoms with Gasteiger partial charge in [0.2, 0.25) is 0 Å². The first-order valence-electron chi connectivity index (χ1n) is 7.49. The summed E-state index contributed by atoms with van der Waals surface area (Å²) in [4.78, 5) is 2.82. The van der Waals surface area contributed by atoms with Crippen molar-refractivity contribution < 1.29 is 4.74 Å². The van der Waals surface area contributed by atoms with Crippen LogP contribution in [0.5, 0.6) is 0 Å². The smallest absolute Gasteiger partial charge is 0.0593 e. The number of nitrogens with one attached hydrogen (secondary N) is 1. The van der Waals surface area contributed by atoms with Gasteiger partial charge in [0, 0.05) is 18.6 Å². The molecular formula is C14H26N2O. The molecule has 2 heterocycles. The van der Waals surface area contributed by atoms with Gasteiger partial charge in [-0.1, -0.05) is 12.8 Å². The number of piperidine rings is 1. The molecule has 0 aromatic rings. The highest BCUT2D eigenvalue weighted by atomic mass is 16.5. The third-order valence-electron chi connectivity index (χ3n) is 4.90. The van der Waals surface area contributed by atoms with Crippen LogP contribution in [0.3, 0.4) is 0 Å². The van der Waals surface area contributed by atoms with Crippen molar-refractivity contribution in [3.8, 4) is 0 Å². The molecule has 3 heteroatoms. The molecule has 0 aromatic carbocycles. The van der Waals surface area contributed by atoms with Crippen LogP contribution in [0.25, 0.3) is 0 Å². The molecule has 2 saturated heterocycles. The van der Waals surface area contributed by atoms with E-state index in [-0.39, 0.29) is 0 Å². The van der Waals surface area contributed by atoms with Crippen LogP contribution in [0.4, 0.5) is 0 Å². The summed E-state index contributed by atoms with van der Waals surface area (Å²) in [6.07, 6.45) is 8.34. The topological polar surface area (TPSA) is 24.5 Å². The van der Waals surface area contributed by atoms with E-state index in [1.54, 1.807) is 0 Å². The average Bonchev–Trinajstić information content (AvgIpc) is 2.62. The van der Waals surface area contributed by atoms with E-state index >= 15 is 0 Å². The molecule has 3 nitrogen and oxygen atoms in total. The summed E-state index contributed by atoms with van der Waals surface area (Å²) in [5, 5.41) is 3.48. The van der Waals surface area contributed by atoms with Crippen molar-refractivity contribution in [3.63, 3.8) is 0 Å². The molecule has 1 N–H and O–H groups in total. The van der Waals surface area contributed by atoms with E-state index < -0.39 is 0 Å². The second kappa shape index (κ2) is 5.68. The van der Waals surface area contributed by atoms with Crippen LogP contribution >= 0.6 is 0 Å². The molecule has 0 unspecified atom stereocenters. The fourth-order valence-electron chi connectivity index (χ4n) is 3.98. The molecule has 0 aromatic heterocycles. The highest BCUT2D eigenvalue weighted by Gasteiger charge is 2.35. The van der Waals surface area contributed by atoms with Crippen LogP contribution in [0.1, 0.15) is 38.5 Å². The molecule has 0 radical (unpaired) electrons. The van der Waals surface area contributed by atoms with Crippen molar-refractivity contribution in [1.82, 2.24) is 10.2 Å². The van der Waals surface area contributed by atoms with E-state index in [0.29, 0.717) is 0 Å². The third kappa shape index (κ3) is 2.67. The molecule has 0 amide bonds. The number of fused-ring (bicyclic) bond motifs is 1. The van der Waals surface area contributed by atoms with Gasteiger partial charge in [0.25, 0.3) is 0 Å². The number of hydrogen-bond donors (Lipinski definition) is 1. The van der Waals surface area contributed by atoms with Crippen molar-refractivity contribution in [1.29, 1.82) is 0 Å². The molecule has 3 rings (SSSR count). The molecule has 17 heavy (non-hydrogen) atoms. The third-order valence-corrected chi connectivity index (χ3v) is 4.90. The Balaban J connectivity index is 1.70. The van der Waals surface area contributed by atoms with Gasteiger partial charge in [0.05, 0.1) is 13.2 Å². The lowest BCUT2D eigenvalue weighted by atomic mass is 9.83. The summed E-state index contributed by atoms with van der Waals surface area (Å²) < 4.78 is 5.83. The molecule has 0 bridgehead atoms. The second-order valence-electron chi connectivity index (χ2n) is 5.91. The zero-order valence-electron chi connectivity index (χ0n) is 10.9. The van der Waals surface area contributed by atoms with E-state index in [0.717, 1.165) is 31.2 Å². The van der Waals surface area contributed by atoms with Gasteiger partial charge in [-0.05, 0) is 44.7 Å². The molecule has 98 valence electrons. The number of rotatable bonds is 1. The molecule has 2 aliphatic heterocycles. The predicted molar refractivity (Wildman–Crippen MR) is 69.2 cm³/mol. The van der Waals surface area contributed by atoms with Crippen molar-refractivity contribution >= 4 is 0 Å². The Morgan fingerprint density at radius 1 is 1.00 bits per heavy atom. The fourth-order valence-corrected chi connectivity index (χ4v) is 3.98. The molecule has 2 atom stereocenters. The Morgan fingerprint density at radius 3 is 2.71 bits per heavy atom. The van der Waals surface area contributed by atoms with Gasteiger partial charge in [-0.2, -0.15) is 0 Å². The van der Waals surface area contributed by atoms with Gasteiger partial charge in [-0.15, -0.1) is 0 Å². The summed E-state index contributed by atoms with van der Waals surface area (Å²) in [6, 6.07) is 1.65. The lowest BCUT2D eigenvalue weighted by Crippen LogP contribution is -2.51. The summed E-state index contributed by atoms with van der Waals surface area (Å²) >= 11 is 0. The quantitative estimate of drug-likeness (QED) is 0.751. The number of hydrogen-bond acceptors (Lipinski definition) is 3. The Hall–Kier alpha value is -0.120. The Morgan fingerprint density at radius 2 is 1.82 bits per heavy atom. The zero-order valence-corrected chi connectivity index (χ0v) is 10.9. The summed E-state index contributed by atoms with van der Waals surface area (Å²) in [5.74, 6) is 0.820. The Labute approximate surface area is 105 Å². The van der Waals surface area contributed by atoms with E-state index in [2.05, 4.69) is 10.2 Å². The molecule has 3 aliphatic rings. The Bertz CT molecular complexity index is 240. The minimum atomic E-state index is 0.820. The first kappa shape index (κ1) is 11.9. The van der Waals surface area contributed by atoms with E-state index in [9.17, 15) is 0 Å². The minimum absolute atomic E-state index is 0.820. The average molecular weight is 238 g/mol. The van der Waals surface area contributed by atoms with Crippen molar-refractivity contribution in [3.05, 3.63) is 0 Å². The van der Waals surface area contributed by atoms with Crippen molar-refractivity contribution in [2.45, 2.75) is 50.6 Å². The van der Waals surface area contributed by atoms with Gasteiger partial charge < -0.3 is 10.1 Å². The first-order chi connectivity index (χ1) is 8.45. The van der Waals surface area contributed by atoms with Crippen LogP contribution in [-0.4, -0.2) is 49.8 Å². The van der Waals surface area contributed by atoms with Gasteiger partial charge in [0.1, 0.15) is 0 Å². The Kier molecular flexibility index (Phi) is 3.99. The van der Waals surface area contributed by atoms with Crippen molar-refractivity contribution in [2.75, 3.05) is 32.8 Å². The highest BCUT2D eigenvalue weighted by molar-refractivity contribution is 4.90. The first-order valence-corrected chi connectivity index (χ1v) is 7.49. The second-order valence-corrected chi connectivity index (χ2v) is 5.91. The molecule has 1 saturated carbocycles. The summed E-state index contributed by atoms with van der Waals surface area (Å²) in [6.45, 7) is 5.56.